The smallest absolute Gasteiger partial charge is 0.329 e. The number of hydrogen-bond acceptors (Lipinski definition) is 3. The van der Waals surface area contributed by atoms with E-state index in [9.17, 15) is 13.2 Å². The zero-order valence-electron chi connectivity index (χ0n) is 12.4. The van der Waals surface area contributed by atoms with Gasteiger partial charge in [0, 0.05) is 37.8 Å². The minimum Gasteiger partial charge on any atom is -0.329 e. The number of nitrogens with two attached hydrogens (primary N) is 1. The van der Waals surface area contributed by atoms with Gasteiger partial charge in [0.15, 0.2) is 0 Å². The largest absolute Gasteiger partial charge is 0.391 e. The van der Waals surface area contributed by atoms with E-state index in [1.807, 2.05) is 0 Å². The van der Waals surface area contributed by atoms with Crippen molar-refractivity contribution in [2.24, 2.45) is 11.7 Å². The fraction of sp³-hybridized carbons (Fsp3) is 1.00. The number of rotatable bonds is 2. The standard InChI is InChI=1S/C14H26F3N3/c1-11-9-20(8-7-19(11)2)13(10-18)5-3-12(4-6-13)14(15,16)17/h11-12H,3-10,18H2,1-2H3. The highest BCUT2D eigenvalue weighted by Crippen LogP contribution is 2.43. The average Bonchev–Trinajstić information content (AvgIpc) is 2.41. The van der Waals surface area contributed by atoms with Crippen molar-refractivity contribution in [2.75, 3.05) is 33.2 Å². The maximum atomic E-state index is 12.8. The van der Waals surface area contributed by atoms with Crippen molar-refractivity contribution < 1.29 is 13.2 Å². The molecule has 1 aliphatic carbocycles. The van der Waals surface area contributed by atoms with Crippen LogP contribution in [-0.2, 0) is 0 Å². The Morgan fingerprint density at radius 1 is 1.20 bits per heavy atom. The van der Waals surface area contributed by atoms with Crippen LogP contribution in [0.5, 0.6) is 0 Å². The first-order valence-electron chi connectivity index (χ1n) is 7.50. The van der Waals surface area contributed by atoms with Crippen molar-refractivity contribution in [3.05, 3.63) is 0 Å². The molecule has 3 nitrogen and oxygen atoms in total. The molecular weight excluding hydrogens is 267 g/mol. The lowest BCUT2D eigenvalue weighted by Crippen LogP contribution is -2.63. The minimum atomic E-state index is -4.05. The van der Waals surface area contributed by atoms with Gasteiger partial charge in [-0.05, 0) is 39.7 Å². The fourth-order valence-electron chi connectivity index (χ4n) is 3.61. The van der Waals surface area contributed by atoms with E-state index in [0.29, 0.717) is 25.4 Å². The van der Waals surface area contributed by atoms with Gasteiger partial charge in [0.2, 0.25) is 0 Å². The van der Waals surface area contributed by atoms with Gasteiger partial charge in [-0.1, -0.05) is 0 Å². The van der Waals surface area contributed by atoms with E-state index in [2.05, 4.69) is 23.8 Å². The third-order valence-corrected chi connectivity index (χ3v) is 5.39. The normalized spacial score (nSPS) is 38.1. The second-order valence-electron chi connectivity index (χ2n) is 6.52. The highest BCUT2D eigenvalue weighted by atomic mass is 19.4. The molecule has 118 valence electrons. The molecule has 0 bridgehead atoms. The van der Waals surface area contributed by atoms with Gasteiger partial charge in [-0.2, -0.15) is 13.2 Å². The van der Waals surface area contributed by atoms with Crippen LogP contribution in [0.25, 0.3) is 0 Å². The maximum Gasteiger partial charge on any atom is 0.391 e. The van der Waals surface area contributed by atoms with Crippen LogP contribution in [0.1, 0.15) is 32.6 Å². The molecule has 1 atom stereocenters. The van der Waals surface area contributed by atoms with E-state index in [-0.39, 0.29) is 18.4 Å². The van der Waals surface area contributed by atoms with Crippen LogP contribution in [0.3, 0.4) is 0 Å². The molecule has 1 unspecified atom stereocenters. The van der Waals surface area contributed by atoms with Gasteiger partial charge in [-0.3, -0.25) is 4.90 Å². The van der Waals surface area contributed by atoms with Crippen molar-refractivity contribution in [3.63, 3.8) is 0 Å². The number of alkyl halides is 3. The Morgan fingerprint density at radius 2 is 1.80 bits per heavy atom. The fourth-order valence-corrected chi connectivity index (χ4v) is 3.61. The quantitative estimate of drug-likeness (QED) is 0.846. The molecule has 0 spiro atoms. The molecule has 0 aromatic heterocycles. The van der Waals surface area contributed by atoms with Gasteiger partial charge in [0.1, 0.15) is 0 Å². The van der Waals surface area contributed by atoms with Gasteiger partial charge in [-0.15, -0.1) is 0 Å². The lowest BCUT2D eigenvalue weighted by atomic mass is 9.74. The Morgan fingerprint density at radius 3 is 2.25 bits per heavy atom. The van der Waals surface area contributed by atoms with E-state index in [1.54, 1.807) is 0 Å². The average molecular weight is 293 g/mol. The van der Waals surface area contributed by atoms with E-state index in [1.165, 1.54) is 0 Å². The summed E-state index contributed by atoms with van der Waals surface area (Å²) in [7, 11) is 2.09. The van der Waals surface area contributed by atoms with Crippen LogP contribution < -0.4 is 5.73 Å². The summed E-state index contributed by atoms with van der Waals surface area (Å²) < 4.78 is 38.4. The van der Waals surface area contributed by atoms with Crippen LogP contribution in [0.2, 0.25) is 0 Å². The number of likely N-dealkylation sites (N-methyl/N-ethyl adjacent to an activating group) is 1. The van der Waals surface area contributed by atoms with E-state index < -0.39 is 12.1 Å². The van der Waals surface area contributed by atoms with E-state index in [0.717, 1.165) is 19.6 Å². The van der Waals surface area contributed by atoms with Crippen molar-refractivity contribution in [2.45, 2.75) is 50.4 Å². The molecule has 1 saturated heterocycles. The summed E-state index contributed by atoms with van der Waals surface area (Å²) in [5.74, 6) is -1.13. The number of halogens is 3. The number of nitrogens with zero attached hydrogens (tertiary/aromatic N) is 2. The van der Waals surface area contributed by atoms with E-state index >= 15 is 0 Å². The zero-order valence-corrected chi connectivity index (χ0v) is 12.4. The van der Waals surface area contributed by atoms with Gasteiger partial charge in [-0.25, -0.2) is 0 Å². The molecule has 0 amide bonds. The molecule has 0 radical (unpaired) electrons. The van der Waals surface area contributed by atoms with Crippen LogP contribution in [-0.4, -0.2) is 60.8 Å². The molecule has 2 fully saturated rings. The second kappa shape index (κ2) is 5.81. The Balaban J connectivity index is 2.02. The van der Waals surface area contributed by atoms with Crippen LogP contribution in [0.15, 0.2) is 0 Å². The Hall–Kier alpha value is -0.330. The Kier molecular flexibility index (Phi) is 4.66. The van der Waals surface area contributed by atoms with Crippen LogP contribution in [0.4, 0.5) is 13.2 Å². The van der Waals surface area contributed by atoms with Gasteiger partial charge < -0.3 is 10.6 Å². The third-order valence-electron chi connectivity index (χ3n) is 5.39. The minimum absolute atomic E-state index is 0.211. The first kappa shape index (κ1) is 16.0. The third kappa shape index (κ3) is 3.12. The zero-order chi connectivity index (χ0) is 15.0. The molecule has 0 aromatic rings. The monoisotopic (exact) mass is 293 g/mol. The Labute approximate surface area is 119 Å². The Bertz CT molecular complexity index is 324. The molecule has 6 heteroatoms. The number of hydrogen-bond donors (Lipinski definition) is 1. The van der Waals surface area contributed by atoms with Crippen molar-refractivity contribution >= 4 is 0 Å². The molecule has 2 aliphatic rings. The van der Waals surface area contributed by atoms with Crippen LogP contribution >= 0.6 is 0 Å². The van der Waals surface area contributed by atoms with Crippen LogP contribution in [0, 0.1) is 5.92 Å². The van der Waals surface area contributed by atoms with E-state index in [4.69, 9.17) is 5.73 Å². The van der Waals surface area contributed by atoms with Gasteiger partial charge >= 0.3 is 6.18 Å². The molecule has 2 N–H and O–H groups in total. The molecule has 20 heavy (non-hydrogen) atoms. The lowest BCUT2D eigenvalue weighted by molar-refractivity contribution is -0.189. The summed E-state index contributed by atoms with van der Waals surface area (Å²) >= 11 is 0. The molecule has 1 heterocycles. The molecular formula is C14H26F3N3. The first-order valence-corrected chi connectivity index (χ1v) is 7.50. The molecule has 1 saturated carbocycles. The number of piperazine rings is 1. The predicted molar refractivity (Wildman–Crippen MR) is 73.5 cm³/mol. The second-order valence-corrected chi connectivity index (χ2v) is 6.52. The summed E-state index contributed by atoms with van der Waals surface area (Å²) in [6, 6.07) is 0.438. The summed E-state index contributed by atoms with van der Waals surface area (Å²) in [5, 5.41) is 0. The molecule has 0 aromatic carbocycles. The summed E-state index contributed by atoms with van der Waals surface area (Å²) in [5.41, 5.74) is 5.76. The summed E-state index contributed by atoms with van der Waals surface area (Å²) in [6.07, 6.45) is -2.45. The van der Waals surface area contributed by atoms with Gasteiger partial charge in [0.25, 0.3) is 0 Å². The van der Waals surface area contributed by atoms with Crippen molar-refractivity contribution in [3.8, 4) is 0 Å². The highest BCUT2D eigenvalue weighted by Gasteiger charge is 2.48. The first-order chi connectivity index (χ1) is 9.28. The topological polar surface area (TPSA) is 32.5 Å². The summed E-state index contributed by atoms with van der Waals surface area (Å²) in [6.45, 7) is 5.41. The molecule has 1 aliphatic heterocycles. The van der Waals surface area contributed by atoms with Gasteiger partial charge in [0.05, 0.1) is 5.92 Å². The summed E-state index contributed by atoms with van der Waals surface area (Å²) in [4.78, 5) is 4.65. The SMILES string of the molecule is CC1CN(C2(CN)CCC(C(F)(F)F)CC2)CCN1C. The predicted octanol–water partition coefficient (Wildman–Crippen LogP) is 2.07. The lowest BCUT2D eigenvalue weighted by Gasteiger charge is -2.52. The van der Waals surface area contributed by atoms with Crippen molar-refractivity contribution in [1.29, 1.82) is 0 Å². The van der Waals surface area contributed by atoms with Crippen molar-refractivity contribution in [1.82, 2.24) is 9.80 Å². The maximum absolute atomic E-state index is 12.8. The highest BCUT2D eigenvalue weighted by molar-refractivity contribution is 4.99. The molecule has 2 rings (SSSR count).